The first-order valence-electron chi connectivity index (χ1n) is 12.6. The Morgan fingerprint density at radius 3 is 2.82 bits per heavy atom. The van der Waals surface area contributed by atoms with E-state index in [1.807, 2.05) is 17.1 Å². The van der Waals surface area contributed by atoms with Crippen molar-refractivity contribution in [2.45, 2.75) is 37.9 Å². The van der Waals surface area contributed by atoms with Gasteiger partial charge in [-0.05, 0) is 55.6 Å². The molecule has 2 heterocycles. The molecule has 0 bridgehead atoms. The van der Waals surface area contributed by atoms with E-state index < -0.39 is 18.0 Å². The minimum absolute atomic E-state index is 0.0524. The normalized spacial score (nSPS) is 30.6. The van der Waals surface area contributed by atoms with Gasteiger partial charge < -0.3 is 14.4 Å². The molecule has 38 heavy (non-hydrogen) atoms. The molecule has 0 aromatic rings. The fraction of sp³-hybridized carbons (Fsp3) is 0.464. The predicted molar refractivity (Wildman–Crippen MR) is 139 cm³/mol. The van der Waals surface area contributed by atoms with Crippen molar-refractivity contribution in [1.82, 2.24) is 4.90 Å². The predicted octanol–water partition coefficient (Wildman–Crippen LogP) is 6.44. The summed E-state index contributed by atoms with van der Waals surface area (Å²) in [5.74, 6) is 0.214. The number of thioether (sulfide) groups is 1. The van der Waals surface area contributed by atoms with Gasteiger partial charge in [0.2, 0.25) is 0 Å². The Balaban J connectivity index is 1.23. The number of aliphatic imine (C=N–C) groups is 1. The number of piperidine rings is 1. The quantitative estimate of drug-likeness (QED) is 0.399. The second-order valence-corrected chi connectivity index (χ2v) is 11.0. The van der Waals surface area contributed by atoms with Crippen LogP contribution in [0.5, 0.6) is 0 Å². The smallest absolute Gasteiger partial charge is 0.395 e. The largest absolute Gasteiger partial charge is 0.497 e. The van der Waals surface area contributed by atoms with Gasteiger partial charge in [0.25, 0.3) is 0 Å². The summed E-state index contributed by atoms with van der Waals surface area (Å²) in [5.41, 5.74) is 0.986. The Morgan fingerprint density at radius 1 is 1.21 bits per heavy atom. The Hall–Kier alpha value is -3.19. The number of hydrogen-bond donors (Lipinski definition) is 0. The third-order valence-electron chi connectivity index (χ3n) is 7.56. The average molecular weight is 544 g/mol. The van der Waals surface area contributed by atoms with E-state index in [4.69, 9.17) is 9.47 Å². The van der Waals surface area contributed by atoms with E-state index >= 15 is 0 Å². The highest BCUT2D eigenvalue weighted by Crippen LogP contribution is 2.40. The minimum atomic E-state index is -4.34. The summed E-state index contributed by atoms with van der Waals surface area (Å²) >= 11 is 1.50. The monoisotopic (exact) mass is 543 g/mol. The minimum Gasteiger partial charge on any atom is -0.497 e. The van der Waals surface area contributed by atoms with Crippen molar-refractivity contribution in [3.63, 3.8) is 0 Å². The van der Waals surface area contributed by atoms with Crippen molar-refractivity contribution in [3.8, 4) is 6.07 Å². The lowest BCUT2D eigenvalue weighted by Gasteiger charge is -2.46. The third-order valence-corrected chi connectivity index (χ3v) is 8.66. The third kappa shape index (κ3) is 5.63. The molecule has 5 aliphatic rings. The van der Waals surface area contributed by atoms with E-state index in [2.05, 4.69) is 23.2 Å². The van der Waals surface area contributed by atoms with Gasteiger partial charge in [0.15, 0.2) is 0 Å². The Bertz CT molecular complexity index is 1240. The summed E-state index contributed by atoms with van der Waals surface area (Å²) in [5, 5.41) is 10.5. The zero-order valence-electron chi connectivity index (χ0n) is 20.9. The fourth-order valence-electron chi connectivity index (χ4n) is 5.51. The molecule has 0 N–H and O–H groups in total. The number of ether oxygens (including phenoxy) is 2. The molecule has 1 saturated heterocycles. The molecule has 200 valence electrons. The molecule has 6 nitrogen and oxygen atoms in total. The van der Waals surface area contributed by atoms with Gasteiger partial charge in [0, 0.05) is 30.7 Å². The average Bonchev–Trinajstić information content (AvgIpc) is 2.91. The lowest BCUT2D eigenvalue weighted by molar-refractivity contribution is -0.161. The molecule has 5 rings (SSSR count). The van der Waals surface area contributed by atoms with Gasteiger partial charge in [0.05, 0.1) is 24.1 Å². The van der Waals surface area contributed by atoms with Crippen LogP contribution in [0.25, 0.3) is 0 Å². The van der Waals surface area contributed by atoms with Crippen molar-refractivity contribution in [1.29, 1.82) is 5.26 Å². The van der Waals surface area contributed by atoms with Crippen LogP contribution in [0.1, 0.15) is 25.7 Å². The van der Waals surface area contributed by atoms with E-state index in [0.29, 0.717) is 36.8 Å². The summed E-state index contributed by atoms with van der Waals surface area (Å²) in [6, 6.07) is 2.06. The van der Waals surface area contributed by atoms with Crippen LogP contribution in [0.3, 0.4) is 0 Å². The molecule has 3 aliphatic carbocycles. The summed E-state index contributed by atoms with van der Waals surface area (Å²) in [6.07, 6.45) is 11.3. The number of halogens is 3. The number of urea groups is 1. The molecular weight excluding hydrogens is 515 g/mol. The number of amides is 2. The van der Waals surface area contributed by atoms with Crippen LogP contribution in [0.2, 0.25) is 0 Å². The summed E-state index contributed by atoms with van der Waals surface area (Å²) < 4.78 is 50.4. The second-order valence-electron chi connectivity index (χ2n) is 9.94. The number of rotatable bonds is 5. The zero-order chi connectivity index (χ0) is 26.9. The second kappa shape index (κ2) is 10.9. The van der Waals surface area contributed by atoms with E-state index in [1.165, 1.54) is 23.9 Å². The molecule has 5 unspecified atom stereocenters. The summed E-state index contributed by atoms with van der Waals surface area (Å²) in [6.45, 7) is 0.672. The van der Waals surface area contributed by atoms with Crippen molar-refractivity contribution in [3.05, 3.63) is 71.5 Å². The molecular formula is C28H28F3N3O3S. The van der Waals surface area contributed by atoms with E-state index in [1.54, 1.807) is 13.2 Å². The first kappa shape index (κ1) is 26.4. The zero-order valence-corrected chi connectivity index (χ0v) is 21.7. The number of allylic oxidation sites excluding steroid dienone is 8. The molecule has 0 aromatic heterocycles. The highest BCUT2D eigenvalue weighted by molar-refractivity contribution is 8.14. The van der Waals surface area contributed by atoms with Gasteiger partial charge >= 0.3 is 12.2 Å². The molecule has 0 saturated carbocycles. The molecule has 10 heteroatoms. The van der Waals surface area contributed by atoms with Gasteiger partial charge in [-0.2, -0.15) is 23.4 Å². The van der Waals surface area contributed by atoms with Crippen LogP contribution in [0.15, 0.2) is 76.5 Å². The Morgan fingerprint density at radius 2 is 2.05 bits per heavy atom. The molecule has 1 fully saturated rings. The van der Waals surface area contributed by atoms with Crippen molar-refractivity contribution in [2.75, 3.05) is 19.4 Å². The SMILES string of the molecule is COC1=CC2CCN3C(=O)N=C(SCC4=CC=C(OC5=CC(C(F)(F)F)CC=C5)C(C#N)C4)CC3C2C=C1. The first-order chi connectivity index (χ1) is 18.2. The number of fused-ring (bicyclic) bond motifs is 3. The van der Waals surface area contributed by atoms with Gasteiger partial charge in [-0.25, -0.2) is 4.79 Å². The van der Waals surface area contributed by atoms with Crippen LogP contribution in [0, 0.1) is 35.0 Å². The number of nitriles is 1. The topological polar surface area (TPSA) is 74.9 Å². The Labute approximate surface area is 223 Å². The highest BCUT2D eigenvalue weighted by atomic mass is 32.2. The molecule has 0 spiro atoms. The fourth-order valence-corrected chi connectivity index (χ4v) is 6.51. The molecule has 0 aromatic carbocycles. The Kier molecular flexibility index (Phi) is 7.57. The van der Waals surface area contributed by atoms with E-state index in [0.717, 1.165) is 28.9 Å². The van der Waals surface area contributed by atoms with Crippen molar-refractivity contribution < 1.29 is 27.4 Å². The molecule has 2 amide bonds. The van der Waals surface area contributed by atoms with Gasteiger partial charge in [-0.1, -0.05) is 23.8 Å². The van der Waals surface area contributed by atoms with Crippen LogP contribution >= 0.6 is 11.8 Å². The number of carbonyl (C=O) groups excluding carboxylic acids is 1. The number of hydrogen-bond acceptors (Lipinski definition) is 5. The highest BCUT2D eigenvalue weighted by Gasteiger charge is 2.42. The number of nitrogens with zero attached hydrogens (tertiary/aromatic N) is 3. The van der Waals surface area contributed by atoms with Crippen LogP contribution < -0.4 is 0 Å². The maximum Gasteiger partial charge on any atom is 0.395 e. The summed E-state index contributed by atoms with van der Waals surface area (Å²) in [4.78, 5) is 19.0. The van der Waals surface area contributed by atoms with Gasteiger partial charge in [0.1, 0.15) is 23.2 Å². The maximum atomic E-state index is 13.1. The van der Waals surface area contributed by atoms with Gasteiger partial charge in [-0.3, -0.25) is 0 Å². The van der Waals surface area contributed by atoms with E-state index in [9.17, 15) is 23.2 Å². The van der Waals surface area contributed by atoms with Crippen molar-refractivity contribution >= 4 is 22.8 Å². The number of alkyl halides is 3. The maximum absolute atomic E-state index is 13.1. The van der Waals surface area contributed by atoms with Crippen LogP contribution in [0.4, 0.5) is 18.0 Å². The number of methoxy groups -OCH3 is 1. The lowest BCUT2D eigenvalue weighted by Crippen LogP contribution is -2.53. The first-order valence-corrected chi connectivity index (χ1v) is 13.6. The lowest BCUT2D eigenvalue weighted by atomic mass is 9.75. The number of carbonyl (C=O) groups is 1. The summed E-state index contributed by atoms with van der Waals surface area (Å²) in [7, 11) is 1.66. The van der Waals surface area contributed by atoms with Crippen LogP contribution in [-0.4, -0.2) is 47.6 Å². The van der Waals surface area contributed by atoms with Crippen LogP contribution in [-0.2, 0) is 9.47 Å². The molecule has 2 aliphatic heterocycles. The standard InChI is InChI=1S/C28H28F3N3O3S/c1-36-21-6-7-23-18(12-21)9-10-34-24(23)14-26(33-27(34)35)38-16-17-5-8-25(19(11-17)15-32)37-22-4-2-3-20(13-22)28(29,30)31/h2,4-8,12-13,18-20,23-24H,3,9-11,14,16H2,1H3. The molecule has 0 radical (unpaired) electrons. The van der Waals surface area contributed by atoms with E-state index in [-0.39, 0.29) is 30.2 Å². The van der Waals surface area contributed by atoms with Crippen molar-refractivity contribution in [2.24, 2.45) is 28.7 Å². The van der Waals surface area contributed by atoms with Gasteiger partial charge in [-0.15, -0.1) is 11.8 Å². The molecule has 5 atom stereocenters.